The largest absolute Gasteiger partial charge is 0.316 e. The quantitative estimate of drug-likeness (QED) is 0.172. The van der Waals surface area contributed by atoms with E-state index in [1.807, 2.05) is 73.0 Å². The molecule has 0 saturated heterocycles. The molecule has 1 N–H and O–H groups in total. The van der Waals surface area contributed by atoms with Crippen LogP contribution in [-0.2, 0) is 0 Å². The van der Waals surface area contributed by atoms with Gasteiger partial charge in [0.1, 0.15) is 0 Å². The van der Waals surface area contributed by atoms with Crippen molar-refractivity contribution < 1.29 is 4.79 Å². The normalized spacial score (nSPS) is 11.3. The van der Waals surface area contributed by atoms with Gasteiger partial charge in [-0.1, -0.05) is 53.5 Å². The van der Waals surface area contributed by atoms with Gasteiger partial charge in [-0.15, -0.1) is 0 Å². The van der Waals surface area contributed by atoms with E-state index in [0.29, 0.717) is 15.6 Å². The first-order valence-corrected chi connectivity index (χ1v) is 12.9. The van der Waals surface area contributed by atoms with Gasteiger partial charge in [0.05, 0.1) is 22.6 Å². The van der Waals surface area contributed by atoms with Gasteiger partial charge in [-0.05, 0) is 87.0 Å². The molecule has 0 unspecified atom stereocenters. The van der Waals surface area contributed by atoms with Crippen LogP contribution in [0.25, 0.3) is 22.6 Å². The number of hydrazone groups is 1. The Hall–Kier alpha value is -4.06. The molecule has 2 aromatic heterocycles. The van der Waals surface area contributed by atoms with E-state index in [-0.39, 0.29) is 5.91 Å². The van der Waals surface area contributed by atoms with Crippen LogP contribution in [0.15, 0.2) is 96.1 Å². The highest BCUT2D eigenvalue weighted by molar-refractivity contribution is 6.35. The number of aryl methyl sites for hydroxylation is 2. The zero-order chi connectivity index (χ0) is 26.8. The smallest absolute Gasteiger partial charge is 0.271 e. The summed E-state index contributed by atoms with van der Waals surface area (Å²) in [6.45, 7) is 6.04. The number of hydrogen-bond donors (Lipinski definition) is 1. The maximum atomic E-state index is 12.8. The molecule has 0 radical (unpaired) electrons. The van der Waals surface area contributed by atoms with Crippen molar-refractivity contribution in [3.63, 3.8) is 0 Å². The van der Waals surface area contributed by atoms with Crippen molar-refractivity contribution >= 4 is 35.3 Å². The van der Waals surface area contributed by atoms with Gasteiger partial charge in [0.15, 0.2) is 0 Å². The molecule has 0 fully saturated rings. The van der Waals surface area contributed by atoms with Crippen LogP contribution >= 0.6 is 23.2 Å². The van der Waals surface area contributed by atoms with Gasteiger partial charge in [-0.25, -0.2) is 5.43 Å². The monoisotopic (exact) mass is 540 g/mol. The van der Waals surface area contributed by atoms with Gasteiger partial charge in [-0.2, -0.15) is 5.10 Å². The van der Waals surface area contributed by atoms with E-state index < -0.39 is 0 Å². The Labute approximate surface area is 232 Å². The fraction of sp³-hybridized carbons (Fsp3) is 0.0968. The lowest BCUT2D eigenvalue weighted by Crippen LogP contribution is -2.17. The first-order chi connectivity index (χ1) is 18.3. The third-order valence-electron chi connectivity index (χ3n) is 6.52. The molecule has 2 heterocycles. The predicted molar refractivity (Wildman–Crippen MR) is 156 cm³/mol. The summed E-state index contributed by atoms with van der Waals surface area (Å²) >= 11 is 12.5. The van der Waals surface area contributed by atoms with E-state index in [1.165, 1.54) is 0 Å². The van der Waals surface area contributed by atoms with Crippen molar-refractivity contribution in [3.05, 3.63) is 129 Å². The minimum atomic E-state index is -0.283. The number of aromatic nitrogens is 2. The Balaban J connectivity index is 1.32. The van der Waals surface area contributed by atoms with Crippen LogP contribution in [-0.4, -0.2) is 21.3 Å². The van der Waals surface area contributed by atoms with Crippen LogP contribution in [0.4, 0.5) is 0 Å². The summed E-state index contributed by atoms with van der Waals surface area (Å²) in [5.74, 6) is -0.283. The van der Waals surface area contributed by atoms with Gasteiger partial charge in [0.2, 0.25) is 0 Å². The molecular formula is C31H26Cl2N4O. The molecular weight excluding hydrogens is 515 g/mol. The summed E-state index contributed by atoms with van der Waals surface area (Å²) < 4.78 is 4.21. The van der Waals surface area contributed by atoms with Gasteiger partial charge >= 0.3 is 0 Å². The number of amides is 1. The average Bonchev–Trinajstić information content (AvgIpc) is 3.43. The summed E-state index contributed by atoms with van der Waals surface area (Å²) in [5.41, 5.74) is 11.1. The molecule has 0 aliphatic carbocycles. The lowest BCUT2D eigenvalue weighted by atomic mass is 10.1. The van der Waals surface area contributed by atoms with Crippen molar-refractivity contribution in [2.24, 2.45) is 5.10 Å². The molecule has 38 heavy (non-hydrogen) atoms. The van der Waals surface area contributed by atoms with Crippen molar-refractivity contribution in [2.75, 3.05) is 0 Å². The van der Waals surface area contributed by atoms with E-state index in [0.717, 1.165) is 45.3 Å². The molecule has 0 aliphatic rings. The highest BCUT2D eigenvalue weighted by atomic mass is 35.5. The number of hydrogen-bond acceptors (Lipinski definition) is 2. The Bertz CT molecular complexity index is 1650. The Morgan fingerprint density at radius 2 is 1.55 bits per heavy atom. The summed E-state index contributed by atoms with van der Waals surface area (Å²) in [4.78, 5) is 12.8. The highest BCUT2D eigenvalue weighted by Gasteiger charge is 2.13. The average molecular weight is 541 g/mol. The number of nitrogens with one attached hydrogen (secondary N) is 1. The van der Waals surface area contributed by atoms with Crippen LogP contribution in [0.1, 0.15) is 33.0 Å². The Morgan fingerprint density at radius 3 is 2.26 bits per heavy atom. The lowest BCUT2D eigenvalue weighted by Gasteiger charge is -2.12. The zero-order valence-corrected chi connectivity index (χ0v) is 22.8. The number of carbonyl (C=O) groups excluding carboxylic acids is 1. The van der Waals surface area contributed by atoms with Crippen molar-refractivity contribution in [3.8, 4) is 22.6 Å². The Morgan fingerprint density at radius 1 is 0.816 bits per heavy atom. The summed E-state index contributed by atoms with van der Waals surface area (Å²) in [6.07, 6.45) is 1.64. The minimum Gasteiger partial charge on any atom is -0.316 e. The highest BCUT2D eigenvalue weighted by Crippen LogP contribution is 2.29. The van der Waals surface area contributed by atoms with E-state index in [9.17, 15) is 4.79 Å². The molecule has 5 nitrogen and oxygen atoms in total. The number of halogens is 2. The van der Waals surface area contributed by atoms with Crippen molar-refractivity contribution in [1.29, 1.82) is 0 Å². The Kier molecular flexibility index (Phi) is 7.23. The predicted octanol–water partition coefficient (Wildman–Crippen LogP) is 7.93. The third kappa shape index (κ3) is 5.03. The van der Waals surface area contributed by atoms with Crippen LogP contribution in [0.2, 0.25) is 10.0 Å². The maximum Gasteiger partial charge on any atom is 0.271 e. The first-order valence-electron chi connectivity index (χ1n) is 12.2. The van der Waals surface area contributed by atoms with E-state index in [1.54, 1.807) is 18.3 Å². The van der Waals surface area contributed by atoms with Gasteiger partial charge in [0.25, 0.3) is 5.91 Å². The molecule has 0 saturated carbocycles. The summed E-state index contributed by atoms with van der Waals surface area (Å²) in [5, 5.41) is 5.35. The molecule has 5 rings (SSSR count). The molecule has 0 aliphatic heterocycles. The maximum absolute atomic E-state index is 12.8. The summed E-state index contributed by atoms with van der Waals surface area (Å²) in [6, 6.07) is 29.4. The van der Waals surface area contributed by atoms with Crippen LogP contribution in [0, 0.1) is 20.8 Å². The topological polar surface area (TPSA) is 51.3 Å². The second kappa shape index (κ2) is 10.7. The van der Waals surface area contributed by atoms with Crippen molar-refractivity contribution in [2.45, 2.75) is 20.8 Å². The number of carbonyl (C=O) groups is 1. The second-order valence-corrected chi connectivity index (χ2v) is 9.91. The van der Waals surface area contributed by atoms with E-state index in [2.05, 4.69) is 46.3 Å². The standard InChI is InChI=1S/C31H26Cl2N4O/c1-20-9-15-29(23-7-5-4-6-8-23)37(20)27-13-10-24(11-14-27)31(38)35-34-19-25-17-21(2)36(22(25)3)30-16-12-26(32)18-28(30)33/h4-19H,1-3H3,(H,35,38)/b34-19+. The number of rotatable bonds is 6. The molecule has 7 heteroatoms. The van der Waals surface area contributed by atoms with E-state index >= 15 is 0 Å². The van der Waals surface area contributed by atoms with Crippen LogP contribution < -0.4 is 5.43 Å². The number of nitrogens with zero attached hydrogens (tertiary/aromatic N) is 3. The van der Waals surface area contributed by atoms with Crippen molar-refractivity contribution in [1.82, 2.24) is 14.6 Å². The van der Waals surface area contributed by atoms with Gasteiger partial charge < -0.3 is 9.13 Å². The van der Waals surface area contributed by atoms with Crippen LogP contribution in [0.3, 0.4) is 0 Å². The summed E-state index contributed by atoms with van der Waals surface area (Å²) in [7, 11) is 0. The lowest BCUT2D eigenvalue weighted by molar-refractivity contribution is 0.0955. The SMILES string of the molecule is Cc1ccc(-c2ccccc2)n1-c1ccc(C(=O)N/N=C/c2cc(C)n(-c3ccc(Cl)cc3Cl)c2C)cc1. The van der Waals surface area contributed by atoms with Gasteiger partial charge in [-0.3, -0.25) is 4.79 Å². The second-order valence-electron chi connectivity index (χ2n) is 9.07. The van der Waals surface area contributed by atoms with Gasteiger partial charge in [0, 0.05) is 38.9 Å². The fourth-order valence-electron chi connectivity index (χ4n) is 4.65. The minimum absolute atomic E-state index is 0.283. The molecule has 5 aromatic rings. The number of benzene rings is 3. The molecule has 0 spiro atoms. The first kappa shape index (κ1) is 25.6. The molecule has 0 atom stereocenters. The molecule has 0 bridgehead atoms. The fourth-order valence-corrected chi connectivity index (χ4v) is 5.15. The molecule has 190 valence electrons. The third-order valence-corrected chi connectivity index (χ3v) is 7.06. The molecule has 3 aromatic carbocycles. The molecule has 1 amide bonds. The van der Waals surface area contributed by atoms with Crippen LogP contribution in [0.5, 0.6) is 0 Å². The zero-order valence-electron chi connectivity index (χ0n) is 21.2. The van der Waals surface area contributed by atoms with E-state index in [4.69, 9.17) is 23.2 Å².